The Bertz CT molecular complexity index is 177. The zero-order chi connectivity index (χ0) is 10.9. The number of hydrogen-bond acceptors (Lipinski definition) is 3. The molecule has 15 heavy (non-hydrogen) atoms. The average Bonchev–Trinajstić information content (AvgIpc) is 2.17. The fraction of sp³-hybridized carbons (Fsp3) is 0.909. The summed E-state index contributed by atoms with van der Waals surface area (Å²) in [4.78, 5) is 13.6. The molecule has 1 amide bonds. The number of nitrogens with two attached hydrogens (primary N) is 1. The van der Waals surface area contributed by atoms with Crippen molar-refractivity contribution in [2.45, 2.75) is 32.1 Å². The Morgan fingerprint density at radius 2 is 1.73 bits per heavy atom. The van der Waals surface area contributed by atoms with E-state index in [9.17, 15) is 4.79 Å². The van der Waals surface area contributed by atoms with Crippen molar-refractivity contribution >= 4 is 5.91 Å². The van der Waals surface area contributed by atoms with Crippen LogP contribution in [0.4, 0.5) is 0 Å². The summed E-state index contributed by atoms with van der Waals surface area (Å²) < 4.78 is 5.15. The molecule has 88 valence electrons. The zero-order valence-corrected chi connectivity index (χ0v) is 9.41. The van der Waals surface area contributed by atoms with Crippen LogP contribution in [0, 0.1) is 0 Å². The molecule has 0 bridgehead atoms. The van der Waals surface area contributed by atoms with Crippen LogP contribution in [0.3, 0.4) is 0 Å². The number of rotatable bonds is 4. The van der Waals surface area contributed by atoms with Crippen molar-refractivity contribution in [3.8, 4) is 0 Å². The molecule has 4 nitrogen and oxygen atoms in total. The minimum Gasteiger partial charge on any atom is -0.370 e. The van der Waals surface area contributed by atoms with E-state index in [1.54, 1.807) is 0 Å². The number of carbonyl (C=O) groups is 1. The molecule has 0 aliphatic carbocycles. The Morgan fingerprint density at radius 1 is 1.13 bits per heavy atom. The fourth-order valence-electron chi connectivity index (χ4n) is 1.83. The van der Waals surface area contributed by atoms with Gasteiger partial charge in [0.25, 0.3) is 0 Å². The second kappa shape index (κ2) is 7.65. The van der Waals surface area contributed by atoms with Crippen LogP contribution in [0.15, 0.2) is 0 Å². The van der Waals surface area contributed by atoms with Crippen molar-refractivity contribution in [3.63, 3.8) is 0 Å². The van der Waals surface area contributed by atoms with Crippen LogP contribution >= 0.6 is 0 Å². The fourth-order valence-corrected chi connectivity index (χ4v) is 1.83. The van der Waals surface area contributed by atoms with Crippen LogP contribution < -0.4 is 5.73 Å². The van der Waals surface area contributed by atoms with E-state index in [1.807, 2.05) is 4.90 Å². The highest BCUT2D eigenvalue weighted by molar-refractivity contribution is 5.77. The number of nitrogens with zero attached hydrogens (tertiary/aromatic N) is 1. The van der Waals surface area contributed by atoms with Crippen LogP contribution in [0.25, 0.3) is 0 Å². The van der Waals surface area contributed by atoms with E-state index >= 15 is 0 Å². The third kappa shape index (κ3) is 5.14. The minimum atomic E-state index is 0.116. The SMILES string of the molecule is NCCOCC(=O)N1CCCCCCC1. The molecule has 0 aromatic heterocycles. The molecule has 0 saturated carbocycles. The molecule has 0 aromatic rings. The third-order valence-electron chi connectivity index (χ3n) is 2.70. The van der Waals surface area contributed by atoms with Crippen LogP contribution in [0.1, 0.15) is 32.1 Å². The molecule has 1 aliphatic heterocycles. The van der Waals surface area contributed by atoms with Gasteiger partial charge in [0.05, 0.1) is 6.61 Å². The van der Waals surface area contributed by atoms with Crippen molar-refractivity contribution in [2.24, 2.45) is 5.73 Å². The van der Waals surface area contributed by atoms with Crippen LogP contribution in [-0.2, 0) is 9.53 Å². The molecule has 1 heterocycles. The number of amides is 1. The van der Waals surface area contributed by atoms with E-state index in [1.165, 1.54) is 19.3 Å². The molecular formula is C11H22N2O2. The first-order chi connectivity index (χ1) is 7.34. The Morgan fingerprint density at radius 3 is 2.33 bits per heavy atom. The number of ether oxygens (including phenoxy) is 1. The molecule has 1 fully saturated rings. The molecular weight excluding hydrogens is 192 g/mol. The summed E-state index contributed by atoms with van der Waals surface area (Å²) in [6, 6.07) is 0. The van der Waals surface area contributed by atoms with Gasteiger partial charge in [-0.05, 0) is 12.8 Å². The van der Waals surface area contributed by atoms with Gasteiger partial charge in [-0.1, -0.05) is 19.3 Å². The Balaban J connectivity index is 2.22. The summed E-state index contributed by atoms with van der Waals surface area (Å²) in [6.45, 7) is 2.93. The van der Waals surface area contributed by atoms with E-state index < -0.39 is 0 Å². The van der Waals surface area contributed by atoms with Crippen LogP contribution in [0.2, 0.25) is 0 Å². The summed E-state index contributed by atoms with van der Waals surface area (Å²) in [5.41, 5.74) is 5.29. The molecule has 0 spiro atoms. The molecule has 4 heteroatoms. The lowest BCUT2D eigenvalue weighted by atomic mass is 10.1. The van der Waals surface area contributed by atoms with Gasteiger partial charge in [0.2, 0.25) is 5.91 Å². The van der Waals surface area contributed by atoms with E-state index in [-0.39, 0.29) is 12.5 Å². The van der Waals surface area contributed by atoms with Crippen LogP contribution in [0.5, 0.6) is 0 Å². The largest absolute Gasteiger partial charge is 0.370 e. The highest BCUT2D eigenvalue weighted by Gasteiger charge is 2.14. The molecule has 0 aromatic carbocycles. The van der Waals surface area contributed by atoms with Gasteiger partial charge in [0.15, 0.2) is 0 Å². The monoisotopic (exact) mass is 214 g/mol. The maximum atomic E-state index is 11.7. The summed E-state index contributed by atoms with van der Waals surface area (Å²) in [5.74, 6) is 0.116. The predicted molar refractivity (Wildman–Crippen MR) is 59.5 cm³/mol. The van der Waals surface area contributed by atoms with Crippen molar-refractivity contribution < 1.29 is 9.53 Å². The van der Waals surface area contributed by atoms with Gasteiger partial charge in [0, 0.05) is 19.6 Å². The highest BCUT2D eigenvalue weighted by Crippen LogP contribution is 2.10. The van der Waals surface area contributed by atoms with Gasteiger partial charge < -0.3 is 15.4 Å². The maximum Gasteiger partial charge on any atom is 0.248 e. The number of hydrogen-bond donors (Lipinski definition) is 1. The van der Waals surface area contributed by atoms with Gasteiger partial charge in [-0.15, -0.1) is 0 Å². The van der Waals surface area contributed by atoms with E-state index in [4.69, 9.17) is 10.5 Å². The van der Waals surface area contributed by atoms with Gasteiger partial charge in [-0.3, -0.25) is 4.79 Å². The zero-order valence-electron chi connectivity index (χ0n) is 9.41. The maximum absolute atomic E-state index is 11.7. The van der Waals surface area contributed by atoms with Crippen molar-refractivity contribution in [3.05, 3.63) is 0 Å². The Labute approximate surface area is 91.8 Å². The summed E-state index contributed by atoms with van der Waals surface area (Å²) in [7, 11) is 0. The van der Waals surface area contributed by atoms with Gasteiger partial charge >= 0.3 is 0 Å². The van der Waals surface area contributed by atoms with Crippen LogP contribution in [-0.4, -0.2) is 43.7 Å². The van der Waals surface area contributed by atoms with Crippen molar-refractivity contribution in [1.29, 1.82) is 0 Å². The molecule has 1 saturated heterocycles. The van der Waals surface area contributed by atoms with Gasteiger partial charge in [0.1, 0.15) is 6.61 Å². The topological polar surface area (TPSA) is 55.6 Å². The standard InChI is InChI=1S/C11H22N2O2/c12-6-9-15-10-11(14)13-7-4-2-1-3-5-8-13/h1-10,12H2. The first-order valence-electron chi connectivity index (χ1n) is 5.90. The molecule has 0 unspecified atom stereocenters. The number of likely N-dealkylation sites (tertiary alicyclic amines) is 1. The van der Waals surface area contributed by atoms with E-state index in [0.29, 0.717) is 13.2 Å². The first-order valence-corrected chi connectivity index (χ1v) is 5.90. The molecule has 1 aliphatic rings. The Hall–Kier alpha value is -0.610. The lowest BCUT2D eigenvalue weighted by Crippen LogP contribution is -2.36. The van der Waals surface area contributed by atoms with Gasteiger partial charge in [-0.25, -0.2) is 0 Å². The van der Waals surface area contributed by atoms with E-state index in [2.05, 4.69) is 0 Å². The second-order valence-corrected chi connectivity index (χ2v) is 3.99. The van der Waals surface area contributed by atoms with Crippen molar-refractivity contribution in [2.75, 3.05) is 32.8 Å². The quantitative estimate of drug-likeness (QED) is 0.703. The second-order valence-electron chi connectivity index (χ2n) is 3.99. The summed E-state index contributed by atoms with van der Waals surface area (Å²) in [6.07, 6.45) is 6.05. The number of carbonyl (C=O) groups excluding carboxylic acids is 1. The molecule has 0 radical (unpaired) electrons. The summed E-state index contributed by atoms with van der Waals surface area (Å²) in [5, 5.41) is 0. The van der Waals surface area contributed by atoms with E-state index in [0.717, 1.165) is 25.9 Å². The third-order valence-corrected chi connectivity index (χ3v) is 2.70. The molecule has 1 rings (SSSR count). The lowest BCUT2D eigenvalue weighted by molar-refractivity contribution is -0.136. The molecule has 2 N–H and O–H groups in total. The summed E-state index contributed by atoms with van der Waals surface area (Å²) >= 11 is 0. The molecule has 0 atom stereocenters. The average molecular weight is 214 g/mol. The first kappa shape index (κ1) is 12.5. The predicted octanol–water partition coefficient (Wildman–Crippen LogP) is 0.754. The lowest BCUT2D eigenvalue weighted by Gasteiger charge is -2.24. The van der Waals surface area contributed by atoms with Gasteiger partial charge in [-0.2, -0.15) is 0 Å². The Kier molecular flexibility index (Phi) is 6.36. The minimum absolute atomic E-state index is 0.116. The van der Waals surface area contributed by atoms with Crippen molar-refractivity contribution in [1.82, 2.24) is 4.90 Å². The highest BCUT2D eigenvalue weighted by atomic mass is 16.5. The normalized spacial score (nSPS) is 18.3. The smallest absolute Gasteiger partial charge is 0.248 e.